The van der Waals surface area contributed by atoms with Crippen LogP contribution in [0.3, 0.4) is 0 Å². The first-order valence-corrected chi connectivity index (χ1v) is 9.55. The summed E-state index contributed by atoms with van der Waals surface area (Å²) < 4.78 is 25.8. The Kier molecular flexibility index (Phi) is 5.43. The van der Waals surface area contributed by atoms with Gasteiger partial charge in [0.1, 0.15) is 28.7 Å². The van der Waals surface area contributed by atoms with E-state index in [1.807, 2.05) is 25.1 Å². The summed E-state index contributed by atoms with van der Waals surface area (Å²) in [4.78, 5) is 13.5. The van der Waals surface area contributed by atoms with Crippen molar-refractivity contribution in [3.05, 3.63) is 60.7 Å². The summed E-state index contributed by atoms with van der Waals surface area (Å²) in [6.07, 6.45) is 3.40. The number of halogens is 1. The smallest absolute Gasteiger partial charge is 0.163 e. The van der Waals surface area contributed by atoms with Crippen LogP contribution in [0.5, 0.6) is 11.5 Å². The normalized spacial score (nSPS) is 10.8. The van der Waals surface area contributed by atoms with E-state index in [2.05, 4.69) is 15.3 Å². The minimum atomic E-state index is -0.348. The van der Waals surface area contributed by atoms with E-state index in [9.17, 15) is 4.39 Å². The lowest BCUT2D eigenvalue weighted by molar-refractivity contribution is 0.340. The Morgan fingerprint density at radius 2 is 1.93 bits per heavy atom. The number of methoxy groups -OCH3 is 1. The molecule has 1 N–H and O–H groups in total. The average molecular weight is 404 g/mol. The highest BCUT2D eigenvalue weighted by molar-refractivity contribution is 5.97. The van der Waals surface area contributed by atoms with E-state index in [0.717, 1.165) is 10.9 Å². The van der Waals surface area contributed by atoms with Crippen molar-refractivity contribution in [1.82, 2.24) is 15.0 Å². The fourth-order valence-electron chi connectivity index (χ4n) is 3.31. The minimum absolute atomic E-state index is 0.348. The molecule has 7 heteroatoms. The van der Waals surface area contributed by atoms with Gasteiger partial charge in [-0.15, -0.1) is 0 Å². The summed E-state index contributed by atoms with van der Waals surface area (Å²) in [5, 5.41) is 3.83. The van der Waals surface area contributed by atoms with Crippen molar-refractivity contribution in [1.29, 1.82) is 0 Å². The molecule has 0 aliphatic heterocycles. The number of ether oxygens (including phenoxy) is 2. The molecule has 0 aliphatic rings. The SMILES string of the molecule is CCOc1ccc(F)c(-c2cc(OC)c3nc(-c4cccnc4)nc(NC)c3c2)c1. The number of hydrogen-bond acceptors (Lipinski definition) is 6. The van der Waals surface area contributed by atoms with Crippen LogP contribution in [0.1, 0.15) is 6.92 Å². The average Bonchev–Trinajstić information content (AvgIpc) is 2.79. The van der Waals surface area contributed by atoms with Crippen LogP contribution in [0.15, 0.2) is 54.9 Å². The topological polar surface area (TPSA) is 69.2 Å². The van der Waals surface area contributed by atoms with Crippen LogP contribution in [-0.4, -0.2) is 35.7 Å². The molecule has 0 spiro atoms. The fourth-order valence-corrected chi connectivity index (χ4v) is 3.31. The third kappa shape index (κ3) is 3.61. The quantitative estimate of drug-likeness (QED) is 0.491. The number of nitrogens with one attached hydrogen (secondary N) is 1. The van der Waals surface area contributed by atoms with Gasteiger partial charge in [0.05, 0.1) is 13.7 Å². The maximum atomic E-state index is 14.6. The van der Waals surface area contributed by atoms with Crippen LogP contribution < -0.4 is 14.8 Å². The first-order valence-electron chi connectivity index (χ1n) is 9.55. The highest BCUT2D eigenvalue weighted by Crippen LogP contribution is 2.37. The molecule has 152 valence electrons. The number of anilines is 1. The Balaban J connectivity index is 1.94. The molecule has 0 atom stereocenters. The van der Waals surface area contributed by atoms with Crippen LogP contribution in [0, 0.1) is 5.82 Å². The number of rotatable bonds is 6. The van der Waals surface area contributed by atoms with Crippen molar-refractivity contribution in [2.24, 2.45) is 0 Å². The van der Waals surface area contributed by atoms with Gasteiger partial charge in [-0.2, -0.15) is 0 Å². The molecular formula is C23H21FN4O2. The molecule has 0 radical (unpaired) electrons. The molecule has 4 aromatic rings. The monoisotopic (exact) mass is 404 g/mol. The lowest BCUT2D eigenvalue weighted by Gasteiger charge is -2.14. The lowest BCUT2D eigenvalue weighted by atomic mass is 10.0. The Labute approximate surface area is 173 Å². The van der Waals surface area contributed by atoms with Gasteiger partial charge in [-0.1, -0.05) is 0 Å². The van der Waals surface area contributed by atoms with E-state index in [1.165, 1.54) is 6.07 Å². The molecule has 6 nitrogen and oxygen atoms in total. The number of nitrogens with zero attached hydrogens (tertiary/aromatic N) is 3. The summed E-state index contributed by atoms with van der Waals surface area (Å²) in [6.45, 7) is 2.39. The van der Waals surface area contributed by atoms with Gasteiger partial charge in [0.2, 0.25) is 0 Å². The van der Waals surface area contributed by atoms with Gasteiger partial charge in [-0.05, 0) is 55.0 Å². The third-order valence-electron chi connectivity index (χ3n) is 4.70. The van der Waals surface area contributed by atoms with E-state index in [-0.39, 0.29) is 5.82 Å². The largest absolute Gasteiger partial charge is 0.494 e. The highest BCUT2D eigenvalue weighted by atomic mass is 19.1. The molecule has 0 fully saturated rings. The second-order valence-corrected chi connectivity index (χ2v) is 6.54. The van der Waals surface area contributed by atoms with Gasteiger partial charge in [-0.3, -0.25) is 4.98 Å². The summed E-state index contributed by atoms with van der Waals surface area (Å²) in [7, 11) is 3.35. The molecule has 0 amide bonds. The summed E-state index contributed by atoms with van der Waals surface area (Å²) in [5.41, 5.74) is 2.48. The van der Waals surface area contributed by atoms with Crippen molar-refractivity contribution in [2.45, 2.75) is 6.92 Å². The molecular weight excluding hydrogens is 383 g/mol. The number of aromatic nitrogens is 3. The number of benzene rings is 2. The second kappa shape index (κ2) is 8.32. The Hall–Kier alpha value is -3.74. The molecule has 0 aliphatic carbocycles. The number of hydrogen-bond donors (Lipinski definition) is 1. The predicted molar refractivity (Wildman–Crippen MR) is 115 cm³/mol. The first kappa shape index (κ1) is 19.6. The second-order valence-electron chi connectivity index (χ2n) is 6.54. The third-order valence-corrected chi connectivity index (χ3v) is 4.70. The molecule has 4 rings (SSSR count). The van der Waals surface area contributed by atoms with Gasteiger partial charge in [0, 0.05) is 36.0 Å². The van der Waals surface area contributed by atoms with E-state index in [0.29, 0.717) is 46.4 Å². The number of fused-ring (bicyclic) bond motifs is 1. The standard InChI is InChI=1S/C23H21FN4O2/c1-4-30-16-7-8-19(24)17(12-16)15-10-18-21(20(11-15)29-3)27-22(28-23(18)25-2)14-6-5-9-26-13-14/h5-13H,4H2,1-3H3,(H,25,27,28). The summed E-state index contributed by atoms with van der Waals surface area (Å²) in [5.74, 6) is 1.91. The molecule has 0 bridgehead atoms. The molecule has 0 unspecified atom stereocenters. The predicted octanol–water partition coefficient (Wildman–Crippen LogP) is 4.95. The fraction of sp³-hybridized carbons (Fsp3) is 0.174. The van der Waals surface area contributed by atoms with Gasteiger partial charge < -0.3 is 14.8 Å². The lowest BCUT2D eigenvalue weighted by Crippen LogP contribution is -2.01. The van der Waals surface area contributed by atoms with Gasteiger partial charge in [0.15, 0.2) is 5.82 Å². The van der Waals surface area contributed by atoms with E-state index in [1.54, 1.807) is 44.8 Å². The van der Waals surface area contributed by atoms with Crippen LogP contribution in [0.25, 0.3) is 33.4 Å². The minimum Gasteiger partial charge on any atom is -0.494 e. The maximum Gasteiger partial charge on any atom is 0.163 e. The van der Waals surface area contributed by atoms with Gasteiger partial charge in [-0.25, -0.2) is 14.4 Å². The van der Waals surface area contributed by atoms with Crippen LogP contribution in [0.4, 0.5) is 10.2 Å². The molecule has 2 heterocycles. The van der Waals surface area contributed by atoms with Crippen LogP contribution in [-0.2, 0) is 0 Å². The van der Waals surface area contributed by atoms with Crippen LogP contribution in [0.2, 0.25) is 0 Å². The van der Waals surface area contributed by atoms with Crippen molar-refractivity contribution in [3.8, 4) is 34.0 Å². The molecule has 2 aromatic heterocycles. The summed E-state index contributed by atoms with van der Waals surface area (Å²) >= 11 is 0. The van der Waals surface area contributed by atoms with Gasteiger partial charge >= 0.3 is 0 Å². The van der Waals surface area contributed by atoms with Crippen molar-refractivity contribution in [3.63, 3.8) is 0 Å². The Morgan fingerprint density at radius 3 is 2.63 bits per heavy atom. The van der Waals surface area contributed by atoms with Crippen LogP contribution >= 0.6 is 0 Å². The molecule has 0 saturated heterocycles. The van der Waals surface area contributed by atoms with Crippen molar-refractivity contribution < 1.29 is 13.9 Å². The van der Waals surface area contributed by atoms with E-state index < -0.39 is 0 Å². The zero-order valence-corrected chi connectivity index (χ0v) is 16.9. The number of pyridine rings is 1. The van der Waals surface area contributed by atoms with Gasteiger partial charge in [0.25, 0.3) is 0 Å². The van der Waals surface area contributed by atoms with E-state index in [4.69, 9.17) is 14.5 Å². The Bertz CT molecular complexity index is 1200. The highest BCUT2D eigenvalue weighted by Gasteiger charge is 2.17. The zero-order valence-electron chi connectivity index (χ0n) is 16.9. The molecule has 2 aromatic carbocycles. The Morgan fingerprint density at radius 1 is 1.07 bits per heavy atom. The molecule has 0 saturated carbocycles. The zero-order chi connectivity index (χ0) is 21.1. The van der Waals surface area contributed by atoms with Crippen molar-refractivity contribution in [2.75, 3.05) is 26.1 Å². The van der Waals surface area contributed by atoms with E-state index >= 15 is 0 Å². The van der Waals surface area contributed by atoms with Crippen molar-refractivity contribution >= 4 is 16.7 Å². The first-order chi connectivity index (χ1) is 14.6. The summed E-state index contributed by atoms with van der Waals surface area (Å²) in [6, 6.07) is 12.0. The maximum absolute atomic E-state index is 14.6. The molecule has 30 heavy (non-hydrogen) atoms.